The fraction of sp³-hybridized carbons (Fsp3) is 0.545. The maximum Gasteiger partial charge on any atom is 0.328 e. The predicted octanol–water partition coefficient (Wildman–Crippen LogP) is -0.149. The Balaban J connectivity index is 2.48. The van der Waals surface area contributed by atoms with Crippen molar-refractivity contribution >= 4 is 0 Å². The minimum absolute atomic E-state index is 0.0534. The molecule has 0 spiro atoms. The molecule has 0 bridgehead atoms. The van der Waals surface area contributed by atoms with Crippen LogP contribution in [0.15, 0.2) is 15.8 Å². The molecule has 1 heterocycles. The van der Waals surface area contributed by atoms with Crippen molar-refractivity contribution in [2.24, 2.45) is 5.73 Å². The van der Waals surface area contributed by atoms with Gasteiger partial charge in [0.1, 0.15) is 11.6 Å². The molecule has 1 aliphatic carbocycles. The molecule has 1 fully saturated rings. The van der Waals surface area contributed by atoms with Crippen molar-refractivity contribution in [3.63, 3.8) is 0 Å². The molecule has 3 N–H and O–H groups in total. The highest BCUT2D eigenvalue weighted by Crippen LogP contribution is 2.25. The molecular weight excluding hydrogens is 220 g/mol. The van der Waals surface area contributed by atoms with Gasteiger partial charge in [-0.3, -0.25) is 14.3 Å². The minimum Gasteiger partial charge on any atom is -0.326 e. The van der Waals surface area contributed by atoms with E-state index in [1.54, 1.807) is 6.07 Å². The Morgan fingerprint density at radius 3 is 2.76 bits per heavy atom. The van der Waals surface area contributed by atoms with Crippen molar-refractivity contribution in [1.82, 2.24) is 9.55 Å². The van der Waals surface area contributed by atoms with Crippen LogP contribution in [-0.2, 0) is 0 Å². The van der Waals surface area contributed by atoms with Crippen LogP contribution in [0.2, 0.25) is 0 Å². The highest BCUT2D eigenvalue weighted by molar-refractivity contribution is 5.22. The Labute approximate surface area is 97.7 Å². The molecule has 90 valence electrons. The first-order valence-corrected chi connectivity index (χ1v) is 5.64. The number of H-pyrrole nitrogens is 1. The van der Waals surface area contributed by atoms with Crippen LogP contribution in [0.3, 0.4) is 0 Å². The summed E-state index contributed by atoms with van der Waals surface area (Å²) in [5.74, 6) is 0. The van der Waals surface area contributed by atoms with Gasteiger partial charge >= 0.3 is 5.69 Å². The topological polar surface area (TPSA) is 105 Å². The number of aromatic nitrogens is 2. The number of nitrogens with one attached hydrogen (secondary N) is 1. The molecule has 1 saturated carbocycles. The smallest absolute Gasteiger partial charge is 0.326 e. The van der Waals surface area contributed by atoms with Crippen LogP contribution in [0.4, 0.5) is 0 Å². The number of hydrogen-bond acceptors (Lipinski definition) is 4. The van der Waals surface area contributed by atoms with E-state index in [0.29, 0.717) is 0 Å². The molecule has 6 nitrogen and oxygen atoms in total. The van der Waals surface area contributed by atoms with Crippen LogP contribution in [0.1, 0.15) is 37.3 Å². The van der Waals surface area contributed by atoms with Crippen LogP contribution in [0.5, 0.6) is 0 Å². The van der Waals surface area contributed by atoms with Gasteiger partial charge in [0.15, 0.2) is 0 Å². The van der Waals surface area contributed by atoms with Gasteiger partial charge in [0.25, 0.3) is 5.56 Å². The lowest BCUT2D eigenvalue weighted by atomic mass is 9.91. The number of aromatic amines is 1. The van der Waals surface area contributed by atoms with Gasteiger partial charge in [-0.25, -0.2) is 4.79 Å². The fourth-order valence-corrected chi connectivity index (χ4v) is 2.30. The summed E-state index contributed by atoms with van der Waals surface area (Å²) in [6.45, 7) is 0. The van der Waals surface area contributed by atoms with Gasteiger partial charge in [0.2, 0.25) is 0 Å². The molecule has 1 aromatic heterocycles. The van der Waals surface area contributed by atoms with E-state index in [1.165, 1.54) is 10.8 Å². The summed E-state index contributed by atoms with van der Waals surface area (Å²) in [6.07, 6.45) is 5.04. The van der Waals surface area contributed by atoms with Gasteiger partial charge < -0.3 is 5.73 Å². The predicted molar refractivity (Wildman–Crippen MR) is 61.5 cm³/mol. The standard InChI is InChI=1S/C11H14N4O2/c12-5-7-6-15(11(17)14-10(7)16)9-4-2-1-3-8(9)13/h6,8-9H,1-4,13H2,(H,14,16,17)/t8-,9+/m1/s1. The van der Waals surface area contributed by atoms with Crippen molar-refractivity contribution < 1.29 is 0 Å². The number of nitrogens with zero attached hydrogens (tertiary/aromatic N) is 2. The number of nitriles is 1. The summed E-state index contributed by atoms with van der Waals surface area (Å²) in [4.78, 5) is 25.1. The summed E-state index contributed by atoms with van der Waals surface area (Å²) in [6, 6.07) is 1.55. The molecule has 0 unspecified atom stereocenters. The third-order valence-electron chi connectivity index (χ3n) is 3.23. The summed E-state index contributed by atoms with van der Waals surface area (Å²) in [5, 5.41) is 8.78. The maximum atomic E-state index is 11.7. The summed E-state index contributed by atoms with van der Waals surface area (Å²) < 4.78 is 1.39. The van der Waals surface area contributed by atoms with Crippen molar-refractivity contribution in [3.8, 4) is 6.07 Å². The number of hydrogen-bond donors (Lipinski definition) is 2. The van der Waals surface area contributed by atoms with Gasteiger partial charge in [0, 0.05) is 12.2 Å². The third-order valence-corrected chi connectivity index (χ3v) is 3.23. The molecule has 2 rings (SSSR count). The molecule has 0 saturated heterocycles. The van der Waals surface area contributed by atoms with E-state index < -0.39 is 11.2 Å². The van der Waals surface area contributed by atoms with E-state index in [0.717, 1.165) is 25.7 Å². The van der Waals surface area contributed by atoms with E-state index in [1.807, 2.05) is 0 Å². The van der Waals surface area contributed by atoms with E-state index in [-0.39, 0.29) is 17.6 Å². The molecule has 0 aromatic carbocycles. The zero-order valence-electron chi connectivity index (χ0n) is 9.35. The van der Waals surface area contributed by atoms with Crippen LogP contribution in [-0.4, -0.2) is 15.6 Å². The first-order chi connectivity index (χ1) is 8.13. The van der Waals surface area contributed by atoms with E-state index in [4.69, 9.17) is 11.0 Å². The summed E-state index contributed by atoms with van der Waals surface area (Å²) >= 11 is 0. The molecule has 0 radical (unpaired) electrons. The van der Waals surface area contributed by atoms with Gasteiger partial charge in [0.05, 0.1) is 6.04 Å². The lowest BCUT2D eigenvalue weighted by Gasteiger charge is -2.29. The molecular formula is C11H14N4O2. The van der Waals surface area contributed by atoms with Crippen molar-refractivity contribution in [3.05, 3.63) is 32.6 Å². The van der Waals surface area contributed by atoms with Crippen LogP contribution in [0.25, 0.3) is 0 Å². The minimum atomic E-state index is -0.641. The zero-order chi connectivity index (χ0) is 12.4. The maximum absolute atomic E-state index is 11.7. The molecule has 0 amide bonds. The van der Waals surface area contributed by atoms with Gasteiger partial charge in [-0.15, -0.1) is 0 Å². The Bertz CT molecular complexity index is 566. The van der Waals surface area contributed by atoms with Crippen LogP contribution in [0, 0.1) is 11.3 Å². The molecule has 0 aliphatic heterocycles. The Morgan fingerprint density at radius 1 is 1.41 bits per heavy atom. The Morgan fingerprint density at radius 2 is 2.12 bits per heavy atom. The summed E-state index contributed by atoms with van der Waals surface area (Å²) in [5.41, 5.74) is 4.79. The van der Waals surface area contributed by atoms with E-state index in [9.17, 15) is 9.59 Å². The van der Waals surface area contributed by atoms with Gasteiger partial charge in [-0.2, -0.15) is 5.26 Å². The first-order valence-electron chi connectivity index (χ1n) is 5.64. The fourth-order valence-electron chi connectivity index (χ4n) is 2.30. The first kappa shape index (κ1) is 11.6. The van der Waals surface area contributed by atoms with E-state index >= 15 is 0 Å². The average Bonchev–Trinajstić information content (AvgIpc) is 2.31. The zero-order valence-corrected chi connectivity index (χ0v) is 9.35. The number of rotatable bonds is 1. The highest BCUT2D eigenvalue weighted by Gasteiger charge is 2.24. The molecule has 1 aliphatic rings. The molecule has 6 heteroatoms. The lowest BCUT2D eigenvalue weighted by molar-refractivity contribution is 0.297. The van der Waals surface area contributed by atoms with Gasteiger partial charge in [-0.1, -0.05) is 12.8 Å². The van der Waals surface area contributed by atoms with E-state index in [2.05, 4.69) is 4.98 Å². The van der Waals surface area contributed by atoms with Gasteiger partial charge in [-0.05, 0) is 12.8 Å². The molecule has 1 aromatic rings. The van der Waals surface area contributed by atoms with Crippen molar-refractivity contribution in [2.45, 2.75) is 37.8 Å². The highest BCUT2D eigenvalue weighted by atomic mass is 16.2. The summed E-state index contributed by atoms with van der Waals surface area (Å²) in [7, 11) is 0. The van der Waals surface area contributed by atoms with Crippen LogP contribution < -0.4 is 17.0 Å². The number of nitrogens with two attached hydrogens (primary N) is 1. The lowest BCUT2D eigenvalue weighted by Crippen LogP contribution is -2.42. The van der Waals surface area contributed by atoms with Crippen LogP contribution >= 0.6 is 0 Å². The second-order valence-electron chi connectivity index (χ2n) is 4.34. The SMILES string of the molecule is N#Cc1cn([C@H]2CCCC[C@H]2N)c(=O)[nH]c1=O. The molecule has 17 heavy (non-hydrogen) atoms. The van der Waals surface area contributed by atoms with Crippen molar-refractivity contribution in [2.75, 3.05) is 0 Å². The second kappa shape index (κ2) is 4.55. The molecule has 2 atom stereocenters. The quantitative estimate of drug-likeness (QED) is 0.705. The Hall–Kier alpha value is -1.87. The average molecular weight is 234 g/mol. The normalized spacial score (nSPS) is 24.2. The van der Waals surface area contributed by atoms with Crippen molar-refractivity contribution in [1.29, 1.82) is 5.26 Å². The largest absolute Gasteiger partial charge is 0.328 e. The Kier molecular flexibility index (Phi) is 3.11. The third kappa shape index (κ3) is 2.15. The monoisotopic (exact) mass is 234 g/mol. The second-order valence-corrected chi connectivity index (χ2v) is 4.34.